The summed E-state index contributed by atoms with van der Waals surface area (Å²) in [5.41, 5.74) is 3.23. The summed E-state index contributed by atoms with van der Waals surface area (Å²) in [6.45, 7) is 6.69. The van der Waals surface area contributed by atoms with Crippen LogP contribution in [0, 0.1) is 0 Å². The van der Waals surface area contributed by atoms with Crippen LogP contribution in [0.2, 0.25) is 5.02 Å². The molecule has 0 unspecified atom stereocenters. The molecule has 0 bridgehead atoms. The van der Waals surface area contributed by atoms with Crippen molar-refractivity contribution in [2.45, 2.75) is 13.5 Å². The van der Waals surface area contributed by atoms with Crippen LogP contribution in [0.5, 0.6) is 5.75 Å². The Morgan fingerprint density at radius 2 is 2.20 bits per heavy atom. The van der Waals surface area contributed by atoms with Gasteiger partial charge in [0.1, 0.15) is 5.75 Å². The fraction of sp³-hybridized carbons (Fsp3) is 0.333. The molecule has 0 saturated heterocycles. The number of benzene rings is 1. The lowest BCUT2D eigenvalue weighted by atomic mass is 10.0. The quantitative estimate of drug-likeness (QED) is 0.850. The van der Waals surface area contributed by atoms with E-state index in [2.05, 4.69) is 11.9 Å². The maximum Gasteiger partial charge on any atom is 0.138 e. The number of rotatable bonds is 4. The van der Waals surface area contributed by atoms with Crippen LogP contribution in [0.1, 0.15) is 18.1 Å². The van der Waals surface area contributed by atoms with Gasteiger partial charge >= 0.3 is 0 Å². The van der Waals surface area contributed by atoms with Gasteiger partial charge in [0, 0.05) is 6.54 Å². The Kier molecular flexibility index (Phi) is 4.18. The van der Waals surface area contributed by atoms with Gasteiger partial charge in [-0.15, -0.1) is 0 Å². The second-order valence-corrected chi connectivity index (χ2v) is 3.86. The highest BCUT2D eigenvalue weighted by atomic mass is 35.5. The third-order valence-corrected chi connectivity index (χ3v) is 2.50. The fourth-order valence-corrected chi connectivity index (χ4v) is 1.75. The Labute approximate surface area is 95.9 Å². The zero-order chi connectivity index (χ0) is 11.4. The number of nitrogens with one attached hydrogen (secondary N) is 1. The number of hydrogen-bond acceptors (Lipinski definition) is 2. The van der Waals surface area contributed by atoms with Crippen LogP contribution in [0.3, 0.4) is 0 Å². The molecule has 0 aliphatic carbocycles. The number of hydrogen-bond donors (Lipinski definition) is 1. The predicted molar refractivity (Wildman–Crippen MR) is 65.5 cm³/mol. The number of allylic oxidation sites excluding steroid dienone is 1. The molecule has 82 valence electrons. The van der Waals surface area contributed by atoms with E-state index in [1.54, 1.807) is 7.11 Å². The first-order valence-electron chi connectivity index (χ1n) is 4.77. The maximum atomic E-state index is 6.06. The van der Waals surface area contributed by atoms with Crippen molar-refractivity contribution in [1.29, 1.82) is 0 Å². The Hall–Kier alpha value is -0.990. The van der Waals surface area contributed by atoms with E-state index in [1.165, 1.54) is 0 Å². The molecule has 15 heavy (non-hydrogen) atoms. The Balaban J connectivity index is 3.25. The Morgan fingerprint density at radius 3 is 2.67 bits per heavy atom. The van der Waals surface area contributed by atoms with Crippen LogP contribution < -0.4 is 10.1 Å². The molecule has 0 amide bonds. The number of methoxy groups -OCH3 is 1. The summed E-state index contributed by atoms with van der Waals surface area (Å²) in [4.78, 5) is 0. The minimum atomic E-state index is 0.632. The second-order valence-electron chi connectivity index (χ2n) is 3.45. The zero-order valence-electron chi connectivity index (χ0n) is 9.36. The standard InChI is InChI=1S/C12H16ClNO/c1-8(2)10-6-12(15-4)11(13)5-9(10)7-14-3/h5-6,14H,1,7H2,2-4H3. The maximum absolute atomic E-state index is 6.06. The smallest absolute Gasteiger partial charge is 0.138 e. The molecule has 0 radical (unpaired) electrons. The molecular weight excluding hydrogens is 210 g/mol. The molecule has 3 heteroatoms. The van der Waals surface area contributed by atoms with Gasteiger partial charge in [0.05, 0.1) is 12.1 Å². The molecule has 1 aromatic rings. The van der Waals surface area contributed by atoms with Gasteiger partial charge in [0.2, 0.25) is 0 Å². The average molecular weight is 226 g/mol. The van der Waals surface area contributed by atoms with Gasteiger partial charge in [-0.3, -0.25) is 0 Å². The van der Waals surface area contributed by atoms with E-state index in [0.717, 1.165) is 23.2 Å². The van der Waals surface area contributed by atoms with Gasteiger partial charge in [-0.2, -0.15) is 0 Å². The normalized spacial score (nSPS) is 10.1. The molecule has 0 spiro atoms. The van der Waals surface area contributed by atoms with Gasteiger partial charge in [-0.25, -0.2) is 0 Å². The summed E-state index contributed by atoms with van der Waals surface area (Å²) in [5, 5.41) is 3.74. The molecule has 0 aromatic heterocycles. The van der Waals surface area contributed by atoms with Crippen molar-refractivity contribution in [3.8, 4) is 5.75 Å². The zero-order valence-corrected chi connectivity index (χ0v) is 10.1. The van der Waals surface area contributed by atoms with Crippen LogP contribution in [-0.2, 0) is 6.54 Å². The first-order valence-corrected chi connectivity index (χ1v) is 5.14. The van der Waals surface area contributed by atoms with Crippen molar-refractivity contribution in [1.82, 2.24) is 5.32 Å². The highest BCUT2D eigenvalue weighted by Gasteiger charge is 2.08. The highest BCUT2D eigenvalue weighted by Crippen LogP contribution is 2.30. The van der Waals surface area contributed by atoms with Gasteiger partial charge in [0.25, 0.3) is 0 Å². The summed E-state index contributed by atoms with van der Waals surface area (Å²) in [6, 6.07) is 3.85. The van der Waals surface area contributed by atoms with Crippen molar-refractivity contribution >= 4 is 17.2 Å². The van der Waals surface area contributed by atoms with Crippen LogP contribution in [0.15, 0.2) is 18.7 Å². The van der Waals surface area contributed by atoms with Crippen molar-refractivity contribution < 1.29 is 4.74 Å². The van der Waals surface area contributed by atoms with Crippen LogP contribution in [0.25, 0.3) is 5.57 Å². The molecule has 2 nitrogen and oxygen atoms in total. The molecule has 0 atom stereocenters. The van der Waals surface area contributed by atoms with Crippen molar-refractivity contribution in [3.63, 3.8) is 0 Å². The lowest BCUT2D eigenvalue weighted by Gasteiger charge is -2.12. The van der Waals surface area contributed by atoms with Gasteiger partial charge in [-0.1, -0.05) is 23.8 Å². The topological polar surface area (TPSA) is 21.3 Å². The van der Waals surface area contributed by atoms with E-state index in [1.807, 2.05) is 26.1 Å². The van der Waals surface area contributed by atoms with E-state index in [-0.39, 0.29) is 0 Å². The van der Waals surface area contributed by atoms with E-state index < -0.39 is 0 Å². The third-order valence-electron chi connectivity index (χ3n) is 2.20. The van der Waals surface area contributed by atoms with Crippen LogP contribution in [0.4, 0.5) is 0 Å². The minimum absolute atomic E-state index is 0.632. The summed E-state index contributed by atoms with van der Waals surface area (Å²) in [5.74, 6) is 0.689. The van der Waals surface area contributed by atoms with Gasteiger partial charge in [0.15, 0.2) is 0 Å². The third kappa shape index (κ3) is 2.74. The molecule has 0 saturated carbocycles. The van der Waals surface area contributed by atoms with Crippen molar-refractivity contribution in [2.24, 2.45) is 0 Å². The lowest BCUT2D eigenvalue weighted by Crippen LogP contribution is -2.07. The SMILES string of the molecule is C=C(C)c1cc(OC)c(Cl)cc1CNC. The highest BCUT2D eigenvalue weighted by molar-refractivity contribution is 6.32. The van der Waals surface area contributed by atoms with Crippen molar-refractivity contribution in [2.75, 3.05) is 14.2 Å². The summed E-state index contributed by atoms with van der Waals surface area (Å²) < 4.78 is 5.18. The first kappa shape index (κ1) is 12.1. The molecular formula is C12H16ClNO. The van der Waals surface area contributed by atoms with E-state index in [9.17, 15) is 0 Å². The number of ether oxygens (including phenoxy) is 1. The summed E-state index contributed by atoms with van der Waals surface area (Å²) in [7, 11) is 3.52. The second kappa shape index (κ2) is 5.19. The fourth-order valence-electron chi connectivity index (χ4n) is 1.49. The van der Waals surface area contributed by atoms with E-state index >= 15 is 0 Å². The van der Waals surface area contributed by atoms with Gasteiger partial charge < -0.3 is 10.1 Å². The Bertz CT molecular complexity index is 374. The molecule has 1 rings (SSSR count). The van der Waals surface area contributed by atoms with Gasteiger partial charge in [-0.05, 0) is 37.2 Å². The van der Waals surface area contributed by atoms with Crippen LogP contribution in [-0.4, -0.2) is 14.2 Å². The predicted octanol–water partition coefficient (Wildman–Crippen LogP) is 3.10. The van der Waals surface area contributed by atoms with Crippen LogP contribution >= 0.6 is 11.6 Å². The van der Waals surface area contributed by atoms with E-state index in [0.29, 0.717) is 10.8 Å². The lowest BCUT2D eigenvalue weighted by molar-refractivity contribution is 0.414. The van der Waals surface area contributed by atoms with E-state index in [4.69, 9.17) is 16.3 Å². The Morgan fingerprint density at radius 1 is 1.53 bits per heavy atom. The van der Waals surface area contributed by atoms with Crippen molar-refractivity contribution in [3.05, 3.63) is 34.9 Å². The molecule has 1 aromatic carbocycles. The molecule has 0 aliphatic rings. The monoisotopic (exact) mass is 225 g/mol. The minimum Gasteiger partial charge on any atom is -0.495 e. The first-order chi connectivity index (χ1) is 7.10. The largest absolute Gasteiger partial charge is 0.495 e. The molecule has 0 fully saturated rings. The number of halogens is 1. The summed E-state index contributed by atoms with van der Waals surface area (Å²) >= 11 is 6.06. The summed E-state index contributed by atoms with van der Waals surface area (Å²) in [6.07, 6.45) is 0. The molecule has 0 heterocycles. The molecule has 1 N–H and O–H groups in total. The average Bonchev–Trinajstić information content (AvgIpc) is 2.18. The molecule has 0 aliphatic heterocycles.